The summed E-state index contributed by atoms with van der Waals surface area (Å²) in [5.41, 5.74) is 3.42. The number of methoxy groups -OCH3 is 1. The molecule has 0 bridgehead atoms. The number of ether oxygens (including phenoxy) is 1. The number of esters is 1. The average molecular weight is 382 g/mol. The molecule has 2 rings (SSSR count). The molecule has 0 saturated heterocycles. The highest BCUT2D eigenvalue weighted by molar-refractivity contribution is 6.05. The van der Waals surface area contributed by atoms with Gasteiger partial charge >= 0.3 is 5.97 Å². The Morgan fingerprint density at radius 1 is 0.964 bits per heavy atom. The summed E-state index contributed by atoms with van der Waals surface area (Å²) in [7, 11) is 1.28. The number of nitrogens with zero attached hydrogens (tertiary/aromatic N) is 1. The lowest BCUT2D eigenvalue weighted by molar-refractivity contribution is -0.120. The zero-order valence-electron chi connectivity index (χ0n) is 16.7. The number of aryl methyl sites for hydroxylation is 2. The van der Waals surface area contributed by atoms with Gasteiger partial charge in [0.25, 0.3) is 0 Å². The molecule has 6 heteroatoms. The van der Waals surface area contributed by atoms with Gasteiger partial charge in [0.15, 0.2) is 0 Å². The van der Waals surface area contributed by atoms with Crippen molar-refractivity contribution in [3.63, 3.8) is 0 Å². The van der Waals surface area contributed by atoms with Crippen molar-refractivity contribution in [3.8, 4) is 0 Å². The standard InChI is InChI=1S/C22H26N2O4/c1-5-16-10-9-11-17(6-2)21(16)24(15(3)25)14-20(26)23-19-13-8-7-12-18(19)22(27)28-4/h7-13H,5-6,14H2,1-4H3,(H,23,26). The first-order valence-electron chi connectivity index (χ1n) is 9.28. The van der Waals surface area contributed by atoms with E-state index in [0.29, 0.717) is 5.69 Å². The van der Waals surface area contributed by atoms with Crippen LogP contribution in [0.1, 0.15) is 42.3 Å². The summed E-state index contributed by atoms with van der Waals surface area (Å²) in [4.78, 5) is 38.5. The van der Waals surface area contributed by atoms with Crippen LogP contribution in [0, 0.1) is 0 Å². The molecule has 2 aromatic rings. The van der Waals surface area contributed by atoms with E-state index in [-0.39, 0.29) is 23.9 Å². The lowest BCUT2D eigenvalue weighted by Gasteiger charge is -2.26. The smallest absolute Gasteiger partial charge is 0.339 e. The van der Waals surface area contributed by atoms with Crippen LogP contribution in [0.15, 0.2) is 42.5 Å². The maximum atomic E-state index is 12.7. The quantitative estimate of drug-likeness (QED) is 0.743. The molecule has 6 nitrogen and oxygen atoms in total. The summed E-state index contributed by atoms with van der Waals surface area (Å²) in [6.45, 7) is 5.34. The third kappa shape index (κ3) is 4.76. The molecule has 0 aliphatic rings. The number of hydrogen-bond donors (Lipinski definition) is 1. The van der Waals surface area contributed by atoms with Crippen molar-refractivity contribution >= 4 is 29.2 Å². The van der Waals surface area contributed by atoms with Crippen LogP contribution in [0.2, 0.25) is 0 Å². The van der Waals surface area contributed by atoms with Crippen LogP contribution < -0.4 is 10.2 Å². The Morgan fingerprint density at radius 2 is 1.57 bits per heavy atom. The van der Waals surface area contributed by atoms with Crippen LogP contribution in [-0.4, -0.2) is 31.4 Å². The molecule has 0 aromatic heterocycles. The van der Waals surface area contributed by atoms with Gasteiger partial charge in [0, 0.05) is 6.92 Å². The van der Waals surface area contributed by atoms with Crippen molar-refractivity contribution in [1.82, 2.24) is 0 Å². The van der Waals surface area contributed by atoms with Crippen LogP contribution in [0.25, 0.3) is 0 Å². The van der Waals surface area contributed by atoms with Gasteiger partial charge in [-0.2, -0.15) is 0 Å². The lowest BCUT2D eigenvalue weighted by Crippen LogP contribution is -2.38. The van der Waals surface area contributed by atoms with E-state index < -0.39 is 5.97 Å². The summed E-state index contributed by atoms with van der Waals surface area (Å²) < 4.78 is 4.75. The third-order valence-electron chi connectivity index (χ3n) is 4.52. The van der Waals surface area contributed by atoms with Gasteiger partial charge in [0.2, 0.25) is 11.8 Å². The molecule has 0 spiro atoms. The molecule has 0 fully saturated rings. The van der Waals surface area contributed by atoms with Crippen molar-refractivity contribution in [2.24, 2.45) is 0 Å². The summed E-state index contributed by atoms with van der Waals surface area (Å²) in [5.74, 6) is -1.14. The van der Waals surface area contributed by atoms with Crippen LogP contribution in [0.3, 0.4) is 0 Å². The Morgan fingerprint density at radius 3 is 2.11 bits per heavy atom. The summed E-state index contributed by atoms with van der Waals surface area (Å²) in [5, 5.41) is 2.72. The minimum atomic E-state index is -0.538. The fourth-order valence-electron chi connectivity index (χ4n) is 3.12. The Labute approximate surface area is 165 Å². The van der Waals surface area contributed by atoms with E-state index in [4.69, 9.17) is 4.74 Å². The number of benzene rings is 2. The largest absolute Gasteiger partial charge is 0.465 e. The highest BCUT2D eigenvalue weighted by Gasteiger charge is 2.22. The first-order valence-corrected chi connectivity index (χ1v) is 9.28. The van der Waals surface area contributed by atoms with Gasteiger partial charge < -0.3 is 15.0 Å². The van der Waals surface area contributed by atoms with Crippen molar-refractivity contribution in [1.29, 1.82) is 0 Å². The lowest BCUT2D eigenvalue weighted by atomic mass is 10.0. The molecule has 2 amide bonds. The molecule has 0 radical (unpaired) electrons. The molecule has 0 aliphatic heterocycles. The van der Waals surface area contributed by atoms with E-state index in [2.05, 4.69) is 5.32 Å². The van der Waals surface area contributed by atoms with Crippen LogP contribution in [-0.2, 0) is 27.2 Å². The van der Waals surface area contributed by atoms with Gasteiger partial charge in [-0.25, -0.2) is 4.79 Å². The monoisotopic (exact) mass is 382 g/mol. The molecule has 148 valence electrons. The summed E-state index contributed by atoms with van der Waals surface area (Å²) in [6, 6.07) is 12.5. The number of nitrogens with one attached hydrogen (secondary N) is 1. The molecule has 0 atom stereocenters. The van der Waals surface area contributed by atoms with Gasteiger partial charge in [-0.3, -0.25) is 9.59 Å². The topological polar surface area (TPSA) is 75.7 Å². The van der Waals surface area contributed by atoms with E-state index >= 15 is 0 Å². The van der Waals surface area contributed by atoms with Crippen LogP contribution in [0.4, 0.5) is 11.4 Å². The fraction of sp³-hybridized carbons (Fsp3) is 0.318. The number of rotatable bonds is 7. The molecule has 28 heavy (non-hydrogen) atoms. The van der Waals surface area contributed by atoms with Gasteiger partial charge in [-0.1, -0.05) is 44.2 Å². The molecule has 2 aromatic carbocycles. The van der Waals surface area contributed by atoms with Crippen molar-refractivity contribution in [3.05, 3.63) is 59.2 Å². The molecular weight excluding hydrogens is 356 g/mol. The molecule has 0 unspecified atom stereocenters. The Hall–Kier alpha value is -3.15. The van der Waals surface area contributed by atoms with Crippen molar-refractivity contribution < 1.29 is 19.1 Å². The molecular formula is C22H26N2O4. The Bertz CT molecular complexity index is 854. The zero-order chi connectivity index (χ0) is 20.7. The third-order valence-corrected chi connectivity index (χ3v) is 4.52. The van der Waals surface area contributed by atoms with E-state index in [1.807, 2.05) is 32.0 Å². The molecule has 0 heterocycles. The van der Waals surface area contributed by atoms with Crippen LogP contribution >= 0.6 is 0 Å². The zero-order valence-corrected chi connectivity index (χ0v) is 16.7. The second-order valence-corrected chi connectivity index (χ2v) is 6.32. The van der Waals surface area contributed by atoms with E-state index in [0.717, 1.165) is 29.7 Å². The second-order valence-electron chi connectivity index (χ2n) is 6.32. The highest BCUT2D eigenvalue weighted by Crippen LogP contribution is 2.27. The maximum absolute atomic E-state index is 12.7. The average Bonchev–Trinajstić information content (AvgIpc) is 2.71. The maximum Gasteiger partial charge on any atom is 0.339 e. The van der Waals surface area contributed by atoms with Crippen molar-refractivity contribution in [2.45, 2.75) is 33.6 Å². The number of amides is 2. The first kappa shape index (κ1) is 21.2. The van der Waals surface area contributed by atoms with E-state index in [1.165, 1.54) is 18.9 Å². The van der Waals surface area contributed by atoms with Gasteiger partial charge in [-0.15, -0.1) is 0 Å². The second kappa shape index (κ2) is 9.69. The van der Waals surface area contributed by atoms with Crippen molar-refractivity contribution in [2.75, 3.05) is 23.9 Å². The summed E-state index contributed by atoms with van der Waals surface area (Å²) in [6.07, 6.45) is 1.50. The van der Waals surface area contributed by atoms with E-state index in [1.54, 1.807) is 24.3 Å². The number of anilines is 2. The Balaban J connectivity index is 2.31. The molecule has 0 aliphatic carbocycles. The van der Waals surface area contributed by atoms with Crippen LogP contribution in [0.5, 0.6) is 0 Å². The predicted molar refractivity (Wildman–Crippen MR) is 110 cm³/mol. The highest BCUT2D eigenvalue weighted by atomic mass is 16.5. The summed E-state index contributed by atoms with van der Waals surface area (Å²) >= 11 is 0. The number of carbonyl (C=O) groups is 3. The minimum absolute atomic E-state index is 0.144. The first-order chi connectivity index (χ1) is 13.4. The predicted octanol–water partition coefficient (Wildman–Crippen LogP) is 3.59. The van der Waals surface area contributed by atoms with Gasteiger partial charge in [-0.05, 0) is 36.1 Å². The SMILES string of the molecule is CCc1cccc(CC)c1N(CC(=O)Nc1ccccc1C(=O)OC)C(C)=O. The number of para-hydroxylation sites is 2. The number of carbonyl (C=O) groups excluding carboxylic acids is 3. The van der Waals surface area contributed by atoms with Gasteiger partial charge in [0.1, 0.15) is 6.54 Å². The van der Waals surface area contributed by atoms with E-state index in [9.17, 15) is 14.4 Å². The minimum Gasteiger partial charge on any atom is -0.465 e. The number of hydrogen-bond acceptors (Lipinski definition) is 4. The Kier molecular flexibility index (Phi) is 7.32. The molecule has 1 N–H and O–H groups in total. The normalized spacial score (nSPS) is 10.3. The fourth-order valence-corrected chi connectivity index (χ4v) is 3.12. The molecule has 0 saturated carbocycles. The van der Waals surface area contributed by atoms with Gasteiger partial charge in [0.05, 0.1) is 24.0 Å².